The molecule has 160 valence electrons. The maximum atomic E-state index is 13.3. The van der Waals surface area contributed by atoms with Crippen molar-refractivity contribution in [1.82, 2.24) is 4.90 Å². The van der Waals surface area contributed by atoms with Gasteiger partial charge in [-0.3, -0.25) is 4.79 Å². The number of carbonyl (C=O) groups is 1. The standard InChI is InChI=1S/C25H28F3NO/c1-17(25(26,27)28)18-7-9-21(10-8-18)24(30)29(23-15-16-23)22-13-11-20(12-14-22)19-5-3-2-4-6-19/h2-10,17,20,22-23H,11-16H2,1H3/t17-,20?,22?/m1/s1. The Morgan fingerprint density at radius 1 is 0.867 bits per heavy atom. The molecule has 30 heavy (non-hydrogen) atoms. The van der Waals surface area contributed by atoms with E-state index in [9.17, 15) is 18.0 Å². The highest BCUT2D eigenvalue weighted by Gasteiger charge is 2.40. The second kappa shape index (κ2) is 8.44. The lowest BCUT2D eigenvalue weighted by atomic mass is 9.81. The van der Waals surface area contributed by atoms with Crippen molar-refractivity contribution in [2.75, 3.05) is 0 Å². The van der Waals surface area contributed by atoms with Crippen LogP contribution in [0.2, 0.25) is 0 Å². The van der Waals surface area contributed by atoms with Crippen LogP contribution in [0.4, 0.5) is 13.2 Å². The minimum atomic E-state index is -4.27. The summed E-state index contributed by atoms with van der Waals surface area (Å²) in [6.07, 6.45) is 1.85. The highest BCUT2D eigenvalue weighted by Crippen LogP contribution is 2.40. The van der Waals surface area contributed by atoms with Gasteiger partial charge in [0.1, 0.15) is 0 Å². The predicted molar refractivity (Wildman–Crippen MR) is 112 cm³/mol. The molecular weight excluding hydrogens is 387 g/mol. The van der Waals surface area contributed by atoms with Gasteiger partial charge in [0, 0.05) is 17.6 Å². The maximum absolute atomic E-state index is 13.3. The summed E-state index contributed by atoms with van der Waals surface area (Å²) in [7, 11) is 0. The molecule has 1 atom stereocenters. The van der Waals surface area contributed by atoms with E-state index < -0.39 is 12.1 Å². The number of amides is 1. The molecule has 5 heteroatoms. The lowest BCUT2D eigenvalue weighted by Gasteiger charge is -2.37. The van der Waals surface area contributed by atoms with Gasteiger partial charge in [0.05, 0.1) is 5.92 Å². The Kier molecular flexibility index (Phi) is 5.90. The molecule has 2 nitrogen and oxygen atoms in total. The van der Waals surface area contributed by atoms with Crippen LogP contribution in [-0.2, 0) is 0 Å². The van der Waals surface area contributed by atoms with Gasteiger partial charge in [-0.2, -0.15) is 13.2 Å². The summed E-state index contributed by atoms with van der Waals surface area (Å²) in [4.78, 5) is 15.3. The van der Waals surface area contributed by atoms with Crippen molar-refractivity contribution in [3.8, 4) is 0 Å². The van der Waals surface area contributed by atoms with Gasteiger partial charge >= 0.3 is 6.18 Å². The highest BCUT2D eigenvalue weighted by atomic mass is 19.4. The summed E-state index contributed by atoms with van der Waals surface area (Å²) >= 11 is 0. The van der Waals surface area contributed by atoms with E-state index in [2.05, 4.69) is 24.3 Å². The number of alkyl halides is 3. The van der Waals surface area contributed by atoms with Gasteiger partial charge < -0.3 is 4.90 Å². The Balaban J connectivity index is 1.44. The molecule has 2 aromatic carbocycles. The summed E-state index contributed by atoms with van der Waals surface area (Å²) in [6, 6.07) is 17.1. The lowest BCUT2D eigenvalue weighted by Crippen LogP contribution is -2.43. The van der Waals surface area contributed by atoms with Crippen molar-refractivity contribution >= 4 is 5.91 Å². The van der Waals surface area contributed by atoms with Gasteiger partial charge in [-0.25, -0.2) is 0 Å². The third kappa shape index (κ3) is 4.55. The van der Waals surface area contributed by atoms with E-state index in [0.717, 1.165) is 45.4 Å². The number of benzene rings is 2. The van der Waals surface area contributed by atoms with Gasteiger partial charge in [0.15, 0.2) is 0 Å². The molecular formula is C25H28F3NO. The van der Waals surface area contributed by atoms with E-state index in [4.69, 9.17) is 0 Å². The minimum absolute atomic E-state index is 0.0353. The first-order valence-electron chi connectivity index (χ1n) is 10.9. The summed E-state index contributed by atoms with van der Waals surface area (Å²) in [5.41, 5.74) is 2.06. The molecule has 2 aromatic rings. The average molecular weight is 415 g/mol. The van der Waals surface area contributed by atoms with Crippen molar-refractivity contribution < 1.29 is 18.0 Å². The van der Waals surface area contributed by atoms with Crippen LogP contribution < -0.4 is 0 Å². The highest BCUT2D eigenvalue weighted by molar-refractivity contribution is 5.95. The van der Waals surface area contributed by atoms with Crippen molar-refractivity contribution in [3.05, 3.63) is 71.3 Å². The normalized spacial score (nSPS) is 23.1. The zero-order valence-corrected chi connectivity index (χ0v) is 17.2. The number of hydrogen-bond acceptors (Lipinski definition) is 1. The average Bonchev–Trinajstić information content (AvgIpc) is 3.59. The van der Waals surface area contributed by atoms with E-state index in [1.54, 1.807) is 12.1 Å². The van der Waals surface area contributed by atoms with Crippen molar-refractivity contribution in [2.24, 2.45) is 0 Å². The Morgan fingerprint density at radius 2 is 1.40 bits per heavy atom. The summed E-state index contributed by atoms with van der Waals surface area (Å²) in [5, 5.41) is 0. The fourth-order valence-corrected chi connectivity index (χ4v) is 4.65. The van der Waals surface area contributed by atoms with E-state index in [-0.39, 0.29) is 23.6 Å². The van der Waals surface area contributed by atoms with Crippen LogP contribution in [0.25, 0.3) is 0 Å². The fourth-order valence-electron chi connectivity index (χ4n) is 4.65. The maximum Gasteiger partial charge on any atom is 0.395 e. The molecule has 0 saturated heterocycles. The quantitative estimate of drug-likeness (QED) is 0.533. The zero-order chi connectivity index (χ0) is 21.3. The molecule has 0 heterocycles. The van der Waals surface area contributed by atoms with Crippen LogP contribution in [0.5, 0.6) is 0 Å². The molecule has 0 unspecified atom stereocenters. The monoisotopic (exact) mass is 415 g/mol. The summed E-state index contributed by atoms with van der Waals surface area (Å²) in [6.45, 7) is 1.15. The summed E-state index contributed by atoms with van der Waals surface area (Å²) < 4.78 is 38.9. The Labute approximate surface area is 176 Å². The predicted octanol–water partition coefficient (Wildman–Crippen LogP) is 6.68. The number of carbonyl (C=O) groups excluding carboxylic acids is 1. The molecule has 0 bridgehead atoms. The van der Waals surface area contributed by atoms with E-state index in [1.165, 1.54) is 17.7 Å². The van der Waals surface area contributed by atoms with Crippen molar-refractivity contribution in [1.29, 1.82) is 0 Å². The van der Waals surface area contributed by atoms with Crippen molar-refractivity contribution in [3.63, 3.8) is 0 Å². The Hall–Kier alpha value is -2.30. The second-order valence-corrected chi connectivity index (χ2v) is 8.75. The smallest absolute Gasteiger partial charge is 0.333 e. The van der Waals surface area contributed by atoms with Crippen molar-refractivity contribution in [2.45, 2.75) is 75.5 Å². The van der Waals surface area contributed by atoms with Gasteiger partial charge in [0.25, 0.3) is 5.91 Å². The molecule has 2 saturated carbocycles. The lowest BCUT2D eigenvalue weighted by molar-refractivity contribution is -0.146. The molecule has 0 N–H and O–H groups in total. The van der Waals surface area contributed by atoms with E-state index >= 15 is 0 Å². The van der Waals surface area contributed by atoms with Crippen LogP contribution >= 0.6 is 0 Å². The third-order valence-electron chi connectivity index (χ3n) is 6.68. The van der Waals surface area contributed by atoms with E-state index in [0.29, 0.717) is 11.5 Å². The fraction of sp³-hybridized carbons (Fsp3) is 0.480. The summed E-state index contributed by atoms with van der Waals surface area (Å²) in [5.74, 6) is -1.02. The molecule has 4 rings (SSSR count). The minimum Gasteiger partial charge on any atom is -0.333 e. The molecule has 2 fully saturated rings. The van der Waals surface area contributed by atoms with Crippen LogP contribution in [0.3, 0.4) is 0 Å². The molecule has 2 aliphatic rings. The van der Waals surface area contributed by atoms with Gasteiger partial charge in [-0.05, 0) is 74.6 Å². The zero-order valence-electron chi connectivity index (χ0n) is 17.2. The number of rotatable bonds is 5. The Bertz CT molecular complexity index is 850. The van der Waals surface area contributed by atoms with Crippen LogP contribution in [0.15, 0.2) is 54.6 Å². The molecule has 0 radical (unpaired) electrons. The largest absolute Gasteiger partial charge is 0.395 e. The van der Waals surface area contributed by atoms with Gasteiger partial charge in [-0.15, -0.1) is 0 Å². The first kappa shape index (κ1) is 21.0. The molecule has 0 aliphatic heterocycles. The van der Waals surface area contributed by atoms with E-state index in [1.807, 2.05) is 11.0 Å². The number of halogens is 3. The third-order valence-corrected chi connectivity index (χ3v) is 6.68. The second-order valence-electron chi connectivity index (χ2n) is 8.75. The van der Waals surface area contributed by atoms with Crippen LogP contribution in [-0.4, -0.2) is 29.1 Å². The molecule has 0 aromatic heterocycles. The van der Waals surface area contributed by atoms with Gasteiger partial charge in [-0.1, -0.05) is 42.5 Å². The van der Waals surface area contributed by atoms with Crippen LogP contribution in [0, 0.1) is 0 Å². The van der Waals surface area contributed by atoms with Gasteiger partial charge in [0.2, 0.25) is 0 Å². The molecule has 2 aliphatic carbocycles. The number of nitrogens with zero attached hydrogens (tertiary/aromatic N) is 1. The number of hydrogen-bond donors (Lipinski definition) is 0. The Morgan fingerprint density at radius 3 is 1.90 bits per heavy atom. The molecule has 1 amide bonds. The first-order valence-corrected chi connectivity index (χ1v) is 10.9. The molecule has 0 spiro atoms. The first-order chi connectivity index (χ1) is 14.3. The topological polar surface area (TPSA) is 20.3 Å². The SMILES string of the molecule is C[C@H](c1ccc(C(=O)N(C2CCC(c3ccccc3)CC2)C2CC2)cc1)C(F)(F)F. The van der Waals surface area contributed by atoms with Crippen LogP contribution in [0.1, 0.15) is 78.8 Å².